The molecule has 2 nitrogen and oxygen atoms in total. The largest absolute Gasteiger partial charge is 0.423 e. The summed E-state index contributed by atoms with van der Waals surface area (Å²) in [6.45, 7) is 2.98. The van der Waals surface area contributed by atoms with Crippen LogP contribution in [0.3, 0.4) is 0 Å². The van der Waals surface area contributed by atoms with E-state index in [4.69, 9.17) is 0 Å². The highest BCUT2D eigenvalue weighted by atomic mass is 19.4. The van der Waals surface area contributed by atoms with E-state index in [1.807, 2.05) is 0 Å². The monoisotopic (exact) mass is 284 g/mol. The second-order valence-corrected chi connectivity index (χ2v) is 3.37. The van der Waals surface area contributed by atoms with E-state index in [0.29, 0.717) is 18.2 Å². The standard InChI is InChI=1S/C11H6F6O2/c1-2-9(18)19-8-4-6(10(12,13)14)3-7(5-8)11(15,16)17/h2-5H,1H2. The van der Waals surface area contributed by atoms with Crippen LogP contribution in [0, 0.1) is 0 Å². The van der Waals surface area contributed by atoms with Crippen LogP contribution in [0.15, 0.2) is 30.9 Å². The third kappa shape index (κ3) is 4.01. The summed E-state index contributed by atoms with van der Waals surface area (Å²) in [4.78, 5) is 10.8. The van der Waals surface area contributed by atoms with Crippen molar-refractivity contribution in [2.75, 3.05) is 0 Å². The van der Waals surface area contributed by atoms with E-state index < -0.39 is 35.2 Å². The van der Waals surface area contributed by atoms with Crippen LogP contribution in [0.2, 0.25) is 0 Å². The minimum absolute atomic E-state index is 0.0642. The first-order valence-corrected chi connectivity index (χ1v) is 4.68. The second kappa shape index (κ2) is 4.94. The number of esters is 1. The minimum atomic E-state index is -4.99. The van der Waals surface area contributed by atoms with E-state index in [1.165, 1.54) is 0 Å². The van der Waals surface area contributed by atoms with Crippen LogP contribution in [-0.2, 0) is 17.1 Å². The van der Waals surface area contributed by atoms with Gasteiger partial charge in [0.2, 0.25) is 0 Å². The van der Waals surface area contributed by atoms with E-state index in [-0.39, 0.29) is 6.07 Å². The quantitative estimate of drug-likeness (QED) is 0.357. The fourth-order valence-electron chi connectivity index (χ4n) is 1.14. The summed E-state index contributed by atoms with van der Waals surface area (Å²) in [5.41, 5.74) is -3.12. The van der Waals surface area contributed by atoms with Crippen molar-refractivity contribution in [1.82, 2.24) is 0 Å². The number of ether oxygens (including phenoxy) is 1. The van der Waals surface area contributed by atoms with Crippen LogP contribution >= 0.6 is 0 Å². The molecule has 0 fully saturated rings. The van der Waals surface area contributed by atoms with Crippen molar-refractivity contribution in [3.05, 3.63) is 42.0 Å². The zero-order valence-electron chi connectivity index (χ0n) is 9.10. The number of carbonyl (C=O) groups is 1. The first-order valence-electron chi connectivity index (χ1n) is 4.68. The van der Waals surface area contributed by atoms with Gasteiger partial charge in [-0.25, -0.2) is 4.79 Å². The molecule has 8 heteroatoms. The fraction of sp³-hybridized carbons (Fsp3) is 0.182. The number of hydrogen-bond donors (Lipinski definition) is 0. The van der Waals surface area contributed by atoms with E-state index >= 15 is 0 Å². The molecule has 0 aromatic heterocycles. The molecule has 1 rings (SSSR count). The van der Waals surface area contributed by atoms with Crippen molar-refractivity contribution in [3.8, 4) is 5.75 Å². The average molecular weight is 284 g/mol. The van der Waals surface area contributed by atoms with Gasteiger partial charge in [0.1, 0.15) is 5.75 Å². The summed E-state index contributed by atoms with van der Waals surface area (Å²) in [5, 5.41) is 0. The second-order valence-electron chi connectivity index (χ2n) is 3.37. The van der Waals surface area contributed by atoms with Crippen molar-refractivity contribution >= 4 is 5.97 Å². The minimum Gasteiger partial charge on any atom is -0.423 e. The zero-order chi connectivity index (χ0) is 14.8. The summed E-state index contributed by atoms with van der Waals surface area (Å²) in [6.07, 6.45) is -9.36. The van der Waals surface area contributed by atoms with E-state index in [2.05, 4.69) is 11.3 Å². The molecule has 0 radical (unpaired) electrons. The van der Waals surface area contributed by atoms with Crippen molar-refractivity contribution in [3.63, 3.8) is 0 Å². The van der Waals surface area contributed by atoms with Gasteiger partial charge in [-0.3, -0.25) is 0 Å². The van der Waals surface area contributed by atoms with Crippen LogP contribution in [0.25, 0.3) is 0 Å². The summed E-state index contributed by atoms with van der Waals surface area (Å²) in [7, 11) is 0. The lowest BCUT2D eigenvalue weighted by molar-refractivity contribution is -0.144. The molecule has 104 valence electrons. The molecule has 19 heavy (non-hydrogen) atoms. The first kappa shape index (κ1) is 15.1. The highest BCUT2D eigenvalue weighted by Gasteiger charge is 2.37. The predicted molar refractivity (Wildman–Crippen MR) is 52.3 cm³/mol. The molecule has 1 aromatic rings. The highest BCUT2D eigenvalue weighted by molar-refractivity contribution is 5.83. The fourth-order valence-corrected chi connectivity index (χ4v) is 1.14. The molecule has 0 saturated heterocycles. The maximum Gasteiger partial charge on any atom is 0.416 e. The lowest BCUT2D eigenvalue weighted by atomic mass is 10.1. The van der Waals surface area contributed by atoms with Gasteiger partial charge in [0, 0.05) is 6.08 Å². The highest BCUT2D eigenvalue weighted by Crippen LogP contribution is 2.38. The Balaban J connectivity index is 3.32. The Kier molecular flexibility index (Phi) is 3.92. The van der Waals surface area contributed by atoms with Gasteiger partial charge < -0.3 is 4.74 Å². The van der Waals surface area contributed by atoms with Crippen molar-refractivity contribution in [1.29, 1.82) is 0 Å². The van der Waals surface area contributed by atoms with Gasteiger partial charge >= 0.3 is 18.3 Å². The molecule has 0 bridgehead atoms. The van der Waals surface area contributed by atoms with Crippen LogP contribution in [0.5, 0.6) is 5.75 Å². The van der Waals surface area contributed by atoms with Gasteiger partial charge in [0.25, 0.3) is 0 Å². The Hall–Kier alpha value is -1.99. The molecule has 0 aliphatic heterocycles. The Morgan fingerprint density at radius 3 is 1.74 bits per heavy atom. The SMILES string of the molecule is C=CC(=O)Oc1cc(C(F)(F)F)cc(C(F)(F)F)c1. The number of rotatable bonds is 2. The molecular formula is C11H6F6O2. The average Bonchev–Trinajstić information content (AvgIpc) is 2.26. The molecule has 0 unspecified atom stereocenters. The normalized spacial score (nSPS) is 12.1. The number of benzene rings is 1. The summed E-state index contributed by atoms with van der Waals surface area (Å²) >= 11 is 0. The van der Waals surface area contributed by atoms with Crippen LogP contribution in [0.4, 0.5) is 26.3 Å². The Morgan fingerprint density at radius 1 is 1.00 bits per heavy atom. The molecule has 0 atom stereocenters. The zero-order valence-corrected chi connectivity index (χ0v) is 9.10. The van der Waals surface area contributed by atoms with Gasteiger partial charge in [0.15, 0.2) is 0 Å². The van der Waals surface area contributed by atoms with E-state index in [1.54, 1.807) is 0 Å². The first-order chi connectivity index (χ1) is 8.54. The number of alkyl halides is 6. The smallest absolute Gasteiger partial charge is 0.416 e. The van der Waals surface area contributed by atoms with Gasteiger partial charge in [-0.05, 0) is 18.2 Å². The molecule has 1 aromatic carbocycles. The molecule has 0 aliphatic carbocycles. The van der Waals surface area contributed by atoms with Crippen molar-refractivity contribution in [2.45, 2.75) is 12.4 Å². The molecular weight excluding hydrogens is 278 g/mol. The lowest BCUT2D eigenvalue weighted by Gasteiger charge is -2.13. The molecule has 0 spiro atoms. The van der Waals surface area contributed by atoms with Crippen LogP contribution in [0.1, 0.15) is 11.1 Å². The molecule has 0 heterocycles. The topological polar surface area (TPSA) is 26.3 Å². The van der Waals surface area contributed by atoms with E-state index in [0.717, 1.165) is 0 Å². The van der Waals surface area contributed by atoms with Gasteiger partial charge in [-0.15, -0.1) is 0 Å². The molecule has 0 aliphatic rings. The molecule has 0 N–H and O–H groups in total. The van der Waals surface area contributed by atoms with Gasteiger partial charge in [0.05, 0.1) is 11.1 Å². The third-order valence-electron chi connectivity index (χ3n) is 1.95. The van der Waals surface area contributed by atoms with Crippen molar-refractivity contribution < 1.29 is 35.9 Å². The predicted octanol–water partition coefficient (Wildman–Crippen LogP) is 3.82. The Morgan fingerprint density at radius 2 is 1.42 bits per heavy atom. The lowest BCUT2D eigenvalue weighted by Crippen LogP contribution is -2.12. The van der Waals surface area contributed by atoms with Gasteiger partial charge in [-0.1, -0.05) is 6.58 Å². The van der Waals surface area contributed by atoms with Gasteiger partial charge in [-0.2, -0.15) is 26.3 Å². The third-order valence-corrected chi connectivity index (χ3v) is 1.95. The van der Waals surface area contributed by atoms with Crippen LogP contribution < -0.4 is 4.74 Å². The summed E-state index contributed by atoms with van der Waals surface area (Å²) in [5.74, 6) is -2.01. The number of carbonyl (C=O) groups excluding carboxylic acids is 1. The molecule has 0 saturated carbocycles. The Bertz CT molecular complexity index is 469. The van der Waals surface area contributed by atoms with E-state index in [9.17, 15) is 31.1 Å². The number of halogens is 6. The maximum absolute atomic E-state index is 12.4. The van der Waals surface area contributed by atoms with Crippen molar-refractivity contribution in [2.24, 2.45) is 0 Å². The number of hydrogen-bond acceptors (Lipinski definition) is 2. The maximum atomic E-state index is 12.4. The summed E-state index contributed by atoms with van der Waals surface area (Å²) in [6, 6.07) is 0.540. The van der Waals surface area contributed by atoms with Crippen LogP contribution in [-0.4, -0.2) is 5.97 Å². The summed E-state index contributed by atoms with van der Waals surface area (Å²) < 4.78 is 78.8. The Labute approximate surface area is 103 Å². The molecule has 0 amide bonds.